The van der Waals surface area contributed by atoms with Crippen LogP contribution in [0.2, 0.25) is 0 Å². The van der Waals surface area contributed by atoms with E-state index in [2.05, 4.69) is 20.3 Å². The number of ether oxygens (including phenoxy) is 3. The molecule has 0 unspecified atom stereocenters. The molecule has 0 aromatic carbocycles. The second-order valence-corrected chi connectivity index (χ2v) is 9.62. The highest BCUT2D eigenvalue weighted by atomic mass is 16.7. The number of aliphatic hydroxyl groups is 8. The van der Waals surface area contributed by atoms with Crippen LogP contribution in [0.15, 0.2) is 12.7 Å². The molecular formula is C22H35N5O11. The van der Waals surface area contributed by atoms with Crippen molar-refractivity contribution in [1.29, 1.82) is 0 Å². The van der Waals surface area contributed by atoms with Crippen molar-refractivity contribution in [3.63, 3.8) is 0 Å². The fourth-order valence-corrected chi connectivity index (χ4v) is 4.46. The van der Waals surface area contributed by atoms with Crippen molar-refractivity contribution in [2.45, 2.75) is 74.7 Å². The lowest BCUT2D eigenvalue weighted by molar-refractivity contribution is -0.303. The van der Waals surface area contributed by atoms with Crippen molar-refractivity contribution in [2.75, 3.05) is 31.7 Å². The molecule has 2 aliphatic heterocycles. The first-order valence-corrected chi connectivity index (χ1v) is 12.3. The van der Waals surface area contributed by atoms with Gasteiger partial charge in [0.15, 0.2) is 29.5 Å². The van der Waals surface area contributed by atoms with E-state index in [0.717, 1.165) is 0 Å². The molecular weight excluding hydrogens is 510 g/mol. The third-order valence-electron chi connectivity index (χ3n) is 6.82. The first kappa shape index (κ1) is 28.9. The Balaban J connectivity index is 1.34. The number of rotatable bonds is 10. The van der Waals surface area contributed by atoms with Gasteiger partial charge in [0, 0.05) is 6.54 Å². The number of anilines is 1. The van der Waals surface area contributed by atoms with E-state index < -0.39 is 74.6 Å². The summed E-state index contributed by atoms with van der Waals surface area (Å²) in [5.74, 6) is 0.374. The first-order valence-electron chi connectivity index (χ1n) is 12.3. The molecule has 2 fully saturated rings. The van der Waals surface area contributed by atoms with E-state index in [9.17, 15) is 40.9 Å². The molecule has 9 N–H and O–H groups in total. The van der Waals surface area contributed by atoms with Crippen LogP contribution in [-0.2, 0) is 14.2 Å². The fraction of sp³-hybridized carbons (Fsp3) is 0.773. The van der Waals surface area contributed by atoms with Crippen LogP contribution in [0.3, 0.4) is 0 Å². The van der Waals surface area contributed by atoms with Crippen LogP contribution in [0, 0.1) is 5.92 Å². The lowest BCUT2D eigenvalue weighted by Gasteiger charge is -2.40. The third-order valence-corrected chi connectivity index (χ3v) is 6.82. The predicted molar refractivity (Wildman–Crippen MR) is 126 cm³/mol. The molecule has 0 aliphatic carbocycles. The Kier molecular flexibility index (Phi) is 9.43. The largest absolute Gasteiger partial charge is 0.394 e. The Morgan fingerprint density at radius 1 is 0.895 bits per heavy atom. The molecule has 2 aromatic heterocycles. The summed E-state index contributed by atoms with van der Waals surface area (Å²) >= 11 is 0. The van der Waals surface area contributed by atoms with Crippen molar-refractivity contribution in [1.82, 2.24) is 19.5 Å². The van der Waals surface area contributed by atoms with Crippen molar-refractivity contribution in [3.8, 4) is 0 Å². The molecule has 0 radical (unpaired) electrons. The fourth-order valence-electron chi connectivity index (χ4n) is 4.46. The molecule has 16 heteroatoms. The quantitative estimate of drug-likeness (QED) is 0.138. The summed E-state index contributed by atoms with van der Waals surface area (Å²) < 4.78 is 17.9. The molecule has 0 spiro atoms. The Morgan fingerprint density at radius 3 is 2.24 bits per heavy atom. The minimum absolute atomic E-state index is 0.0288. The van der Waals surface area contributed by atoms with E-state index in [-0.39, 0.29) is 12.5 Å². The molecule has 2 aromatic rings. The summed E-state index contributed by atoms with van der Waals surface area (Å²) in [5, 5.41) is 82.3. The van der Waals surface area contributed by atoms with Gasteiger partial charge in [-0.3, -0.25) is 4.57 Å². The molecule has 214 valence electrons. The van der Waals surface area contributed by atoms with Gasteiger partial charge in [-0.2, -0.15) is 0 Å². The highest BCUT2D eigenvalue weighted by Crippen LogP contribution is 2.31. The van der Waals surface area contributed by atoms with Crippen LogP contribution in [0.25, 0.3) is 11.2 Å². The molecule has 4 heterocycles. The molecule has 2 aliphatic rings. The standard InChI is InChI=1S/C22H35N5O11/c1-9(6-36-22-18(35)16(33)14(31)11(5-29)38-22)2-3-23-19-12-20(25-7-24-19)27(8-26-12)21-17(34)15(32)13(30)10(4-28)37-21/h7-11,13-18,21-22,28-35H,2-6H2,1H3,(H,23,24,25)/t9-,10-,11-,13-,14-,15+,16+,17+,18-,21-,22+/m1/s1. The number of nitrogens with zero attached hydrogens (tertiary/aromatic N) is 4. The maximum absolute atomic E-state index is 10.4. The highest BCUT2D eigenvalue weighted by molar-refractivity contribution is 5.82. The topological polar surface area (TPSA) is 245 Å². The molecule has 4 rings (SSSR count). The molecule has 0 bridgehead atoms. The van der Waals surface area contributed by atoms with Crippen molar-refractivity contribution < 1.29 is 55.1 Å². The number of aromatic nitrogens is 4. The molecule has 0 saturated carbocycles. The van der Waals surface area contributed by atoms with Gasteiger partial charge in [0.05, 0.1) is 26.1 Å². The van der Waals surface area contributed by atoms with Crippen LogP contribution in [-0.4, -0.2) is 142 Å². The molecule has 0 amide bonds. The van der Waals surface area contributed by atoms with E-state index in [1.165, 1.54) is 17.2 Å². The van der Waals surface area contributed by atoms with Gasteiger partial charge < -0.3 is 60.4 Å². The van der Waals surface area contributed by atoms with Gasteiger partial charge in [-0.05, 0) is 12.3 Å². The molecule has 38 heavy (non-hydrogen) atoms. The van der Waals surface area contributed by atoms with Gasteiger partial charge >= 0.3 is 0 Å². The number of aliphatic hydroxyl groups excluding tert-OH is 8. The maximum Gasteiger partial charge on any atom is 0.186 e. The molecule has 11 atom stereocenters. The summed E-state index contributed by atoms with van der Waals surface area (Å²) in [6.07, 6.45) is -10.2. The third kappa shape index (κ3) is 5.75. The van der Waals surface area contributed by atoms with Gasteiger partial charge in [0.2, 0.25) is 0 Å². The summed E-state index contributed by atoms with van der Waals surface area (Å²) in [4.78, 5) is 12.7. The lowest BCUT2D eigenvalue weighted by Crippen LogP contribution is -2.59. The van der Waals surface area contributed by atoms with Crippen molar-refractivity contribution in [2.24, 2.45) is 5.92 Å². The van der Waals surface area contributed by atoms with Crippen LogP contribution >= 0.6 is 0 Å². The number of hydrogen-bond donors (Lipinski definition) is 9. The van der Waals surface area contributed by atoms with Gasteiger partial charge in [0.25, 0.3) is 0 Å². The zero-order valence-corrected chi connectivity index (χ0v) is 20.6. The van der Waals surface area contributed by atoms with E-state index in [0.29, 0.717) is 29.9 Å². The number of hydrogen-bond acceptors (Lipinski definition) is 15. The zero-order chi connectivity index (χ0) is 27.6. The lowest BCUT2D eigenvalue weighted by atomic mass is 9.98. The average Bonchev–Trinajstić information content (AvgIpc) is 3.35. The summed E-state index contributed by atoms with van der Waals surface area (Å²) in [6, 6.07) is 0. The Hall–Kier alpha value is -2.09. The summed E-state index contributed by atoms with van der Waals surface area (Å²) in [7, 11) is 0. The van der Waals surface area contributed by atoms with Gasteiger partial charge in [-0.25, -0.2) is 15.0 Å². The van der Waals surface area contributed by atoms with Crippen molar-refractivity contribution >= 4 is 17.0 Å². The Labute approximate surface area is 217 Å². The Bertz CT molecular complexity index is 1040. The SMILES string of the molecule is C[C@H](CCNc1ncnc2c1ncn2[C@@H]1O[C@H](CO)[C@@H](O)[C@H](O)[C@@H]1O)CO[C@H]1O[C@H](CO)[C@@H](O)[C@H](O)[C@H]1O. The molecule has 2 saturated heterocycles. The van der Waals surface area contributed by atoms with E-state index in [4.69, 9.17) is 14.2 Å². The van der Waals surface area contributed by atoms with Crippen LogP contribution in [0.4, 0.5) is 5.82 Å². The zero-order valence-electron chi connectivity index (χ0n) is 20.6. The minimum atomic E-state index is -1.55. The van der Waals surface area contributed by atoms with E-state index >= 15 is 0 Å². The summed E-state index contributed by atoms with van der Waals surface area (Å²) in [6.45, 7) is 1.40. The first-order chi connectivity index (χ1) is 18.2. The number of imidazole rings is 1. The van der Waals surface area contributed by atoms with Crippen LogP contribution in [0.5, 0.6) is 0 Å². The molecule has 16 nitrogen and oxygen atoms in total. The second-order valence-electron chi connectivity index (χ2n) is 9.62. The van der Waals surface area contributed by atoms with Crippen LogP contribution in [0.1, 0.15) is 19.6 Å². The van der Waals surface area contributed by atoms with Crippen LogP contribution < -0.4 is 5.32 Å². The smallest absolute Gasteiger partial charge is 0.186 e. The summed E-state index contributed by atoms with van der Waals surface area (Å²) in [5.41, 5.74) is 0.667. The van der Waals surface area contributed by atoms with Crippen molar-refractivity contribution in [3.05, 3.63) is 12.7 Å². The van der Waals surface area contributed by atoms with E-state index in [1.54, 1.807) is 0 Å². The van der Waals surface area contributed by atoms with E-state index in [1.807, 2.05) is 6.92 Å². The predicted octanol–water partition coefficient (Wildman–Crippen LogP) is -3.95. The normalized spacial score (nSPS) is 36.9. The van der Waals surface area contributed by atoms with Gasteiger partial charge in [-0.1, -0.05) is 6.92 Å². The average molecular weight is 546 g/mol. The van der Waals surface area contributed by atoms with Gasteiger partial charge in [0.1, 0.15) is 55.2 Å². The maximum atomic E-state index is 10.4. The highest BCUT2D eigenvalue weighted by Gasteiger charge is 2.45. The van der Waals surface area contributed by atoms with Gasteiger partial charge in [-0.15, -0.1) is 0 Å². The number of fused-ring (bicyclic) bond motifs is 1. The monoisotopic (exact) mass is 545 g/mol. The minimum Gasteiger partial charge on any atom is -0.394 e. The second kappa shape index (κ2) is 12.4. The Morgan fingerprint density at radius 2 is 1.55 bits per heavy atom. The number of nitrogens with one attached hydrogen (secondary N) is 1.